The van der Waals surface area contributed by atoms with Gasteiger partial charge in [-0.15, -0.1) is 0 Å². The highest BCUT2D eigenvalue weighted by atomic mass is 35.5. The van der Waals surface area contributed by atoms with Crippen LogP contribution >= 0.6 is 23.4 Å². The van der Waals surface area contributed by atoms with Gasteiger partial charge in [0, 0.05) is 10.7 Å². The molecule has 0 saturated heterocycles. The summed E-state index contributed by atoms with van der Waals surface area (Å²) in [5, 5.41) is 3.85. The molecular weight excluding hydrogens is 270 g/mol. The Kier molecular flexibility index (Phi) is 6.98. The van der Waals surface area contributed by atoms with E-state index in [1.807, 2.05) is 12.1 Å². The Labute approximate surface area is 117 Å². The van der Waals surface area contributed by atoms with E-state index in [0.29, 0.717) is 5.02 Å². The summed E-state index contributed by atoms with van der Waals surface area (Å²) in [6, 6.07) is 6.99. The molecule has 100 valence electrons. The minimum Gasteiger partial charge on any atom is -0.467 e. The molecule has 0 spiro atoms. The first-order valence-electron chi connectivity index (χ1n) is 5.76. The molecule has 1 N–H and O–H groups in total. The summed E-state index contributed by atoms with van der Waals surface area (Å²) in [4.78, 5) is 11.7. The van der Waals surface area contributed by atoms with Gasteiger partial charge in [-0.1, -0.05) is 11.6 Å². The van der Waals surface area contributed by atoms with E-state index in [-0.39, 0.29) is 12.0 Å². The lowest BCUT2D eigenvalue weighted by Gasteiger charge is -2.17. The molecule has 5 heteroatoms. The molecule has 1 atom stereocenters. The molecule has 1 unspecified atom stereocenters. The van der Waals surface area contributed by atoms with Crippen LogP contribution in [0.3, 0.4) is 0 Å². The number of carbonyl (C=O) groups excluding carboxylic acids is 1. The van der Waals surface area contributed by atoms with E-state index in [2.05, 4.69) is 11.6 Å². The fourth-order valence-corrected chi connectivity index (χ4v) is 2.15. The molecule has 0 radical (unpaired) electrons. The standard InChI is InChI=1S/C13H18ClNO2S/c1-17-13(16)12(4-3-9-18-2)15-11-7-5-10(14)6-8-11/h5-8,12,15H,3-4,9H2,1-2H3. The van der Waals surface area contributed by atoms with Crippen LogP contribution in [0.5, 0.6) is 0 Å². The van der Waals surface area contributed by atoms with E-state index in [4.69, 9.17) is 16.3 Å². The molecule has 1 aromatic rings. The zero-order valence-corrected chi connectivity index (χ0v) is 12.2. The average molecular weight is 288 g/mol. The van der Waals surface area contributed by atoms with Gasteiger partial charge in [-0.05, 0) is 49.1 Å². The predicted molar refractivity (Wildman–Crippen MR) is 78.5 cm³/mol. The summed E-state index contributed by atoms with van der Waals surface area (Å²) >= 11 is 7.59. The lowest BCUT2D eigenvalue weighted by atomic mass is 10.1. The molecule has 0 fully saturated rings. The van der Waals surface area contributed by atoms with Crippen molar-refractivity contribution in [2.24, 2.45) is 0 Å². The highest BCUT2D eigenvalue weighted by Crippen LogP contribution is 2.16. The number of thioether (sulfide) groups is 1. The molecule has 0 heterocycles. The SMILES string of the molecule is COC(=O)C(CCCSC)Nc1ccc(Cl)cc1. The third-order valence-electron chi connectivity index (χ3n) is 2.51. The van der Waals surface area contributed by atoms with Crippen molar-refractivity contribution in [3.63, 3.8) is 0 Å². The van der Waals surface area contributed by atoms with Gasteiger partial charge in [0.25, 0.3) is 0 Å². The molecule has 0 aliphatic carbocycles. The van der Waals surface area contributed by atoms with Gasteiger partial charge in [0.15, 0.2) is 0 Å². The molecule has 0 aliphatic heterocycles. The average Bonchev–Trinajstić information content (AvgIpc) is 2.39. The summed E-state index contributed by atoms with van der Waals surface area (Å²) in [6.45, 7) is 0. The number of esters is 1. The van der Waals surface area contributed by atoms with Crippen molar-refractivity contribution in [2.45, 2.75) is 18.9 Å². The molecule has 0 aliphatic rings. The third kappa shape index (κ3) is 5.19. The Morgan fingerprint density at radius 3 is 2.67 bits per heavy atom. The van der Waals surface area contributed by atoms with Crippen molar-refractivity contribution in [3.05, 3.63) is 29.3 Å². The van der Waals surface area contributed by atoms with Crippen LogP contribution < -0.4 is 5.32 Å². The lowest BCUT2D eigenvalue weighted by molar-refractivity contribution is -0.141. The van der Waals surface area contributed by atoms with Crippen LogP contribution in [0.4, 0.5) is 5.69 Å². The van der Waals surface area contributed by atoms with Crippen molar-refractivity contribution in [1.29, 1.82) is 0 Å². The summed E-state index contributed by atoms with van der Waals surface area (Å²) in [7, 11) is 1.41. The fourth-order valence-electron chi connectivity index (χ4n) is 1.57. The lowest BCUT2D eigenvalue weighted by Crippen LogP contribution is -2.30. The molecule has 0 bridgehead atoms. The smallest absolute Gasteiger partial charge is 0.328 e. The zero-order chi connectivity index (χ0) is 13.4. The van der Waals surface area contributed by atoms with Crippen LogP contribution in [0.1, 0.15) is 12.8 Å². The van der Waals surface area contributed by atoms with Crippen molar-refractivity contribution in [2.75, 3.05) is 24.4 Å². The van der Waals surface area contributed by atoms with Gasteiger partial charge in [-0.2, -0.15) is 11.8 Å². The monoisotopic (exact) mass is 287 g/mol. The topological polar surface area (TPSA) is 38.3 Å². The first kappa shape index (κ1) is 15.2. The van der Waals surface area contributed by atoms with Crippen LogP contribution in [0, 0.1) is 0 Å². The minimum absolute atomic E-state index is 0.231. The van der Waals surface area contributed by atoms with E-state index in [0.717, 1.165) is 24.3 Å². The van der Waals surface area contributed by atoms with Crippen LogP contribution in [0.15, 0.2) is 24.3 Å². The number of hydrogen-bond acceptors (Lipinski definition) is 4. The van der Waals surface area contributed by atoms with Crippen LogP contribution in [-0.4, -0.2) is 31.1 Å². The third-order valence-corrected chi connectivity index (χ3v) is 3.46. The van der Waals surface area contributed by atoms with Gasteiger partial charge in [0.1, 0.15) is 6.04 Å². The Morgan fingerprint density at radius 2 is 2.11 bits per heavy atom. The van der Waals surface area contributed by atoms with Crippen LogP contribution in [0.25, 0.3) is 0 Å². The first-order valence-corrected chi connectivity index (χ1v) is 7.53. The van der Waals surface area contributed by atoms with Crippen molar-refractivity contribution < 1.29 is 9.53 Å². The molecule has 0 amide bonds. The highest BCUT2D eigenvalue weighted by Gasteiger charge is 2.18. The molecule has 3 nitrogen and oxygen atoms in total. The van der Waals surface area contributed by atoms with Gasteiger partial charge in [0.05, 0.1) is 7.11 Å². The van der Waals surface area contributed by atoms with Gasteiger partial charge in [0.2, 0.25) is 0 Å². The maximum Gasteiger partial charge on any atom is 0.328 e. The zero-order valence-electron chi connectivity index (χ0n) is 10.6. The van der Waals surface area contributed by atoms with E-state index in [1.54, 1.807) is 23.9 Å². The van der Waals surface area contributed by atoms with Gasteiger partial charge in [-0.25, -0.2) is 4.79 Å². The second-order valence-corrected chi connectivity index (χ2v) is 5.28. The number of rotatable bonds is 7. The van der Waals surface area contributed by atoms with Gasteiger partial charge >= 0.3 is 5.97 Å². The van der Waals surface area contributed by atoms with E-state index in [1.165, 1.54) is 7.11 Å². The number of methoxy groups -OCH3 is 1. The van der Waals surface area contributed by atoms with Crippen LogP contribution in [0.2, 0.25) is 5.02 Å². The van der Waals surface area contributed by atoms with Gasteiger partial charge in [-0.3, -0.25) is 0 Å². The van der Waals surface area contributed by atoms with E-state index in [9.17, 15) is 4.79 Å². The highest BCUT2D eigenvalue weighted by molar-refractivity contribution is 7.98. The van der Waals surface area contributed by atoms with Gasteiger partial charge < -0.3 is 10.1 Å². The van der Waals surface area contributed by atoms with E-state index >= 15 is 0 Å². The second-order valence-electron chi connectivity index (χ2n) is 3.86. The summed E-state index contributed by atoms with van der Waals surface area (Å²) in [5.74, 6) is 0.807. The van der Waals surface area contributed by atoms with Crippen molar-refractivity contribution >= 4 is 35.0 Å². The minimum atomic E-state index is -0.302. The second kappa shape index (κ2) is 8.27. The summed E-state index contributed by atoms with van der Waals surface area (Å²) in [5.41, 5.74) is 0.874. The van der Waals surface area contributed by atoms with Crippen molar-refractivity contribution in [3.8, 4) is 0 Å². The molecule has 1 rings (SSSR count). The maximum atomic E-state index is 11.7. The normalized spacial score (nSPS) is 11.9. The van der Waals surface area contributed by atoms with E-state index < -0.39 is 0 Å². The van der Waals surface area contributed by atoms with Crippen molar-refractivity contribution in [1.82, 2.24) is 0 Å². The number of benzene rings is 1. The number of carbonyl (C=O) groups is 1. The number of nitrogens with one attached hydrogen (secondary N) is 1. The number of ether oxygens (including phenoxy) is 1. The number of hydrogen-bond donors (Lipinski definition) is 1. The Balaban J connectivity index is 2.59. The molecular formula is C13H18ClNO2S. The Morgan fingerprint density at radius 1 is 1.44 bits per heavy atom. The molecule has 0 saturated carbocycles. The maximum absolute atomic E-state index is 11.7. The Hall–Kier alpha value is -0.870. The van der Waals surface area contributed by atoms with Crippen LogP contribution in [-0.2, 0) is 9.53 Å². The fraction of sp³-hybridized carbons (Fsp3) is 0.462. The summed E-state index contributed by atoms with van der Waals surface area (Å²) < 4.78 is 4.80. The quantitative estimate of drug-likeness (QED) is 0.616. The predicted octanol–water partition coefficient (Wildman–Crippen LogP) is 3.44. The first-order chi connectivity index (χ1) is 8.67. The largest absolute Gasteiger partial charge is 0.467 e. The summed E-state index contributed by atoms with van der Waals surface area (Å²) in [6.07, 6.45) is 3.79. The number of halogens is 1. The molecule has 1 aromatic carbocycles. The number of anilines is 1. The molecule has 0 aromatic heterocycles. The molecule has 18 heavy (non-hydrogen) atoms. The Bertz CT molecular complexity index is 370.